The summed E-state index contributed by atoms with van der Waals surface area (Å²) in [6, 6.07) is 29.4. The van der Waals surface area contributed by atoms with Crippen LogP contribution in [0, 0.1) is 0 Å². The lowest BCUT2D eigenvalue weighted by Crippen LogP contribution is -2.27. The molecule has 128 valence electrons. The number of thioether (sulfide) groups is 1. The van der Waals surface area contributed by atoms with E-state index >= 15 is 0 Å². The van der Waals surface area contributed by atoms with Gasteiger partial charge in [-0.25, -0.2) is 0 Å². The standard InChI is InChI=1S/C22H23NOS/c23-15-16-25-22(19-7-3-1-4-8-19,20-9-5-2-6-10-20)21-13-11-18(17-24)12-14-21/h1-14,24H,15-17,23H2. The molecular formula is C22H23NOS. The Morgan fingerprint density at radius 3 is 1.64 bits per heavy atom. The van der Waals surface area contributed by atoms with Crippen LogP contribution in [0.25, 0.3) is 0 Å². The summed E-state index contributed by atoms with van der Waals surface area (Å²) in [5.41, 5.74) is 10.4. The molecule has 3 rings (SSSR count). The third kappa shape index (κ3) is 3.64. The number of aliphatic hydroxyl groups is 1. The van der Waals surface area contributed by atoms with Gasteiger partial charge in [-0.3, -0.25) is 0 Å². The van der Waals surface area contributed by atoms with Crippen molar-refractivity contribution in [3.8, 4) is 0 Å². The van der Waals surface area contributed by atoms with Crippen LogP contribution in [0.2, 0.25) is 0 Å². The lowest BCUT2D eigenvalue weighted by Gasteiger charge is -2.35. The molecule has 0 amide bonds. The minimum Gasteiger partial charge on any atom is -0.392 e. The zero-order valence-corrected chi connectivity index (χ0v) is 15.0. The van der Waals surface area contributed by atoms with Gasteiger partial charge in [0.15, 0.2) is 0 Å². The second-order valence-corrected chi connectivity index (χ2v) is 7.21. The van der Waals surface area contributed by atoms with E-state index in [1.165, 1.54) is 16.7 Å². The average molecular weight is 349 g/mol. The van der Waals surface area contributed by atoms with Crippen molar-refractivity contribution in [2.75, 3.05) is 12.3 Å². The number of nitrogens with two attached hydrogens (primary N) is 1. The van der Waals surface area contributed by atoms with Gasteiger partial charge in [-0.15, -0.1) is 11.8 Å². The van der Waals surface area contributed by atoms with E-state index in [1.807, 2.05) is 36.0 Å². The van der Waals surface area contributed by atoms with Gasteiger partial charge >= 0.3 is 0 Å². The van der Waals surface area contributed by atoms with E-state index in [0.29, 0.717) is 6.54 Å². The Kier molecular flexibility index (Phi) is 5.92. The smallest absolute Gasteiger partial charge is 0.0907 e. The molecule has 0 bridgehead atoms. The third-order valence-electron chi connectivity index (χ3n) is 4.34. The van der Waals surface area contributed by atoms with E-state index < -0.39 is 0 Å². The molecule has 0 unspecified atom stereocenters. The van der Waals surface area contributed by atoms with Gasteiger partial charge in [0.2, 0.25) is 0 Å². The summed E-state index contributed by atoms with van der Waals surface area (Å²) in [5, 5.41) is 9.39. The minimum absolute atomic E-state index is 0.0555. The van der Waals surface area contributed by atoms with Crippen molar-refractivity contribution in [2.24, 2.45) is 5.73 Å². The molecule has 0 saturated heterocycles. The maximum absolute atomic E-state index is 9.39. The first-order valence-electron chi connectivity index (χ1n) is 8.46. The summed E-state index contributed by atoms with van der Waals surface area (Å²) in [6.07, 6.45) is 0. The fourth-order valence-electron chi connectivity index (χ4n) is 3.15. The van der Waals surface area contributed by atoms with Crippen LogP contribution < -0.4 is 5.73 Å². The molecule has 25 heavy (non-hydrogen) atoms. The van der Waals surface area contributed by atoms with Gasteiger partial charge in [0.05, 0.1) is 11.4 Å². The van der Waals surface area contributed by atoms with Crippen LogP contribution in [0.3, 0.4) is 0 Å². The number of rotatable bonds is 7. The summed E-state index contributed by atoms with van der Waals surface area (Å²) in [4.78, 5) is 0. The molecule has 3 aromatic rings. The highest BCUT2D eigenvalue weighted by Gasteiger charge is 2.36. The Bertz CT molecular complexity index is 733. The van der Waals surface area contributed by atoms with Crippen molar-refractivity contribution in [3.05, 3.63) is 107 Å². The third-order valence-corrected chi connectivity index (χ3v) is 5.92. The number of hydrogen-bond donors (Lipinski definition) is 2. The van der Waals surface area contributed by atoms with Gasteiger partial charge < -0.3 is 10.8 Å². The molecule has 0 aliphatic rings. The zero-order chi connectivity index (χ0) is 17.5. The first-order chi connectivity index (χ1) is 12.3. The fourth-order valence-corrected chi connectivity index (χ4v) is 4.48. The SMILES string of the molecule is NCCSC(c1ccccc1)(c1ccccc1)c1ccc(CO)cc1. The predicted molar refractivity (Wildman–Crippen MR) is 107 cm³/mol. The van der Waals surface area contributed by atoms with E-state index in [0.717, 1.165) is 11.3 Å². The number of hydrogen-bond acceptors (Lipinski definition) is 3. The molecular weight excluding hydrogens is 326 g/mol. The molecule has 0 fully saturated rings. The van der Waals surface area contributed by atoms with Crippen LogP contribution in [-0.2, 0) is 11.4 Å². The number of aliphatic hydroxyl groups excluding tert-OH is 1. The Balaban J connectivity index is 2.23. The largest absolute Gasteiger partial charge is 0.392 e. The van der Waals surface area contributed by atoms with Crippen LogP contribution in [-0.4, -0.2) is 17.4 Å². The van der Waals surface area contributed by atoms with Gasteiger partial charge in [0.1, 0.15) is 0 Å². The van der Waals surface area contributed by atoms with E-state index in [-0.39, 0.29) is 11.4 Å². The zero-order valence-electron chi connectivity index (χ0n) is 14.1. The Morgan fingerprint density at radius 2 is 1.20 bits per heavy atom. The minimum atomic E-state index is -0.324. The maximum atomic E-state index is 9.39. The fraction of sp³-hybridized carbons (Fsp3) is 0.182. The molecule has 0 aliphatic heterocycles. The number of benzene rings is 3. The summed E-state index contributed by atoms with van der Waals surface area (Å²) >= 11 is 1.85. The second-order valence-electron chi connectivity index (χ2n) is 5.91. The molecule has 0 aliphatic carbocycles. The summed E-state index contributed by atoms with van der Waals surface area (Å²) in [7, 11) is 0. The van der Waals surface area contributed by atoms with Gasteiger partial charge in [-0.2, -0.15) is 0 Å². The van der Waals surface area contributed by atoms with Crippen LogP contribution in [0.1, 0.15) is 22.3 Å². The van der Waals surface area contributed by atoms with Gasteiger partial charge in [-0.1, -0.05) is 84.9 Å². The van der Waals surface area contributed by atoms with Crippen molar-refractivity contribution in [3.63, 3.8) is 0 Å². The monoisotopic (exact) mass is 349 g/mol. The molecule has 0 spiro atoms. The Morgan fingerprint density at radius 1 is 0.720 bits per heavy atom. The molecule has 0 aromatic heterocycles. The molecule has 0 atom stereocenters. The molecule has 0 radical (unpaired) electrons. The highest BCUT2D eigenvalue weighted by molar-refractivity contribution is 8.00. The Hall–Kier alpha value is -2.07. The first-order valence-corrected chi connectivity index (χ1v) is 9.45. The molecule has 0 heterocycles. The van der Waals surface area contributed by atoms with Crippen molar-refractivity contribution >= 4 is 11.8 Å². The topological polar surface area (TPSA) is 46.2 Å². The maximum Gasteiger partial charge on any atom is 0.0907 e. The molecule has 2 nitrogen and oxygen atoms in total. The van der Waals surface area contributed by atoms with E-state index in [9.17, 15) is 5.11 Å². The average Bonchev–Trinajstić information content (AvgIpc) is 2.71. The lowest BCUT2D eigenvalue weighted by molar-refractivity contribution is 0.282. The van der Waals surface area contributed by atoms with Crippen molar-refractivity contribution < 1.29 is 5.11 Å². The van der Waals surface area contributed by atoms with Crippen molar-refractivity contribution in [1.29, 1.82) is 0 Å². The van der Waals surface area contributed by atoms with E-state index in [4.69, 9.17) is 5.73 Å². The molecule has 3 N–H and O–H groups in total. The van der Waals surface area contributed by atoms with Gasteiger partial charge in [0, 0.05) is 12.3 Å². The van der Waals surface area contributed by atoms with Crippen molar-refractivity contribution in [1.82, 2.24) is 0 Å². The normalized spacial score (nSPS) is 11.4. The first kappa shape index (κ1) is 17.7. The lowest BCUT2D eigenvalue weighted by atomic mass is 9.84. The summed E-state index contributed by atoms with van der Waals surface area (Å²) < 4.78 is -0.324. The van der Waals surface area contributed by atoms with Crippen LogP contribution in [0.5, 0.6) is 0 Å². The molecule has 3 heteroatoms. The van der Waals surface area contributed by atoms with Gasteiger partial charge in [-0.05, 0) is 22.3 Å². The van der Waals surface area contributed by atoms with Crippen LogP contribution in [0.15, 0.2) is 84.9 Å². The summed E-state index contributed by atoms with van der Waals surface area (Å²) in [6.45, 7) is 0.681. The van der Waals surface area contributed by atoms with E-state index in [1.54, 1.807) is 0 Å². The van der Waals surface area contributed by atoms with Crippen LogP contribution in [0.4, 0.5) is 0 Å². The molecule has 3 aromatic carbocycles. The highest BCUT2D eigenvalue weighted by atomic mass is 32.2. The second kappa shape index (κ2) is 8.34. The quantitative estimate of drug-likeness (QED) is 0.630. The Labute approximate surface area is 153 Å². The van der Waals surface area contributed by atoms with Gasteiger partial charge in [0.25, 0.3) is 0 Å². The predicted octanol–water partition coefficient (Wildman–Crippen LogP) is 4.16. The highest BCUT2D eigenvalue weighted by Crippen LogP contribution is 2.48. The summed E-state index contributed by atoms with van der Waals surface area (Å²) in [5.74, 6) is 0.853. The van der Waals surface area contributed by atoms with Crippen molar-refractivity contribution in [2.45, 2.75) is 11.4 Å². The van der Waals surface area contributed by atoms with Crippen LogP contribution >= 0.6 is 11.8 Å². The van der Waals surface area contributed by atoms with E-state index in [2.05, 4.69) is 60.7 Å². The molecule has 0 saturated carbocycles.